The Morgan fingerprint density at radius 3 is 2.74 bits per heavy atom. The molecule has 0 aliphatic carbocycles. The summed E-state index contributed by atoms with van der Waals surface area (Å²) in [6.07, 6.45) is 1.93. The number of hydrogen-bond donors (Lipinski definition) is 2. The first-order valence-corrected chi connectivity index (χ1v) is 7.34. The maximum atomic E-state index is 8.96. The van der Waals surface area contributed by atoms with Gasteiger partial charge in [0.05, 0.1) is 0 Å². The van der Waals surface area contributed by atoms with E-state index in [-0.39, 0.29) is 6.61 Å². The van der Waals surface area contributed by atoms with Crippen LogP contribution in [0.1, 0.15) is 17.4 Å². The highest BCUT2D eigenvalue weighted by Crippen LogP contribution is 2.25. The molecule has 2 rings (SSSR count). The molecule has 1 heterocycles. The zero-order valence-corrected chi connectivity index (χ0v) is 12.2. The van der Waals surface area contributed by atoms with Crippen molar-refractivity contribution in [2.24, 2.45) is 5.92 Å². The molecule has 2 N–H and O–H groups in total. The number of aliphatic hydroxyl groups is 1. The number of aliphatic hydroxyl groups excluding tert-OH is 1. The number of aryl methyl sites for hydroxylation is 1. The van der Waals surface area contributed by atoms with Gasteiger partial charge in [-0.25, -0.2) is 4.98 Å². The van der Waals surface area contributed by atoms with Crippen LogP contribution < -0.4 is 5.32 Å². The molecule has 0 spiro atoms. The predicted molar refractivity (Wildman–Crippen MR) is 80.2 cm³/mol. The number of hydrogen-bond acceptors (Lipinski definition) is 4. The van der Waals surface area contributed by atoms with Gasteiger partial charge in [-0.1, -0.05) is 36.8 Å². The molecule has 1 atom stereocenters. The minimum Gasteiger partial charge on any atom is -0.396 e. The van der Waals surface area contributed by atoms with E-state index in [0.29, 0.717) is 5.92 Å². The molecule has 0 saturated heterocycles. The smallest absolute Gasteiger partial charge is 0.123 e. The van der Waals surface area contributed by atoms with Crippen molar-refractivity contribution >= 4 is 11.3 Å². The lowest BCUT2D eigenvalue weighted by Gasteiger charge is -2.07. The molecule has 0 fully saturated rings. The second kappa shape index (κ2) is 6.80. The van der Waals surface area contributed by atoms with Gasteiger partial charge in [0.15, 0.2) is 0 Å². The van der Waals surface area contributed by atoms with Gasteiger partial charge in [0.1, 0.15) is 5.01 Å². The third-order valence-electron chi connectivity index (χ3n) is 2.96. The van der Waals surface area contributed by atoms with Crippen LogP contribution in [0.25, 0.3) is 10.6 Å². The van der Waals surface area contributed by atoms with Crippen molar-refractivity contribution in [1.82, 2.24) is 10.3 Å². The van der Waals surface area contributed by atoms with Gasteiger partial charge >= 0.3 is 0 Å². The van der Waals surface area contributed by atoms with E-state index in [1.807, 2.05) is 13.1 Å². The number of benzene rings is 1. The molecule has 102 valence electrons. The minimum absolute atomic E-state index is 0.226. The van der Waals surface area contributed by atoms with Gasteiger partial charge in [-0.2, -0.15) is 0 Å². The van der Waals surface area contributed by atoms with Crippen LogP contribution in [-0.4, -0.2) is 23.2 Å². The average molecular weight is 276 g/mol. The summed E-state index contributed by atoms with van der Waals surface area (Å²) in [6, 6.07) is 8.44. The van der Waals surface area contributed by atoms with E-state index in [1.54, 1.807) is 11.3 Å². The molecule has 1 aromatic heterocycles. The van der Waals surface area contributed by atoms with E-state index in [0.717, 1.165) is 18.1 Å². The van der Waals surface area contributed by atoms with Crippen LogP contribution in [0.15, 0.2) is 30.5 Å². The van der Waals surface area contributed by atoms with Crippen LogP contribution >= 0.6 is 11.3 Å². The normalized spacial score (nSPS) is 12.6. The monoisotopic (exact) mass is 276 g/mol. The Morgan fingerprint density at radius 1 is 1.32 bits per heavy atom. The lowest BCUT2D eigenvalue weighted by molar-refractivity contribution is 0.233. The zero-order valence-electron chi connectivity index (χ0n) is 11.4. The SMILES string of the molecule is Cc1ccc(-c2ncc(CNCC(C)CO)s2)cc1. The van der Waals surface area contributed by atoms with Gasteiger partial charge < -0.3 is 10.4 Å². The molecule has 0 saturated carbocycles. The third kappa shape index (κ3) is 4.13. The second-order valence-electron chi connectivity index (χ2n) is 4.92. The summed E-state index contributed by atoms with van der Waals surface area (Å²) in [4.78, 5) is 5.69. The molecule has 0 aliphatic heterocycles. The topological polar surface area (TPSA) is 45.2 Å². The second-order valence-corrected chi connectivity index (χ2v) is 6.03. The third-order valence-corrected chi connectivity index (χ3v) is 4.00. The Balaban J connectivity index is 1.93. The van der Waals surface area contributed by atoms with Gasteiger partial charge in [0, 0.05) is 36.3 Å². The minimum atomic E-state index is 0.226. The molecule has 0 radical (unpaired) electrons. The summed E-state index contributed by atoms with van der Waals surface area (Å²) in [5, 5.41) is 13.4. The van der Waals surface area contributed by atoms with Crippen LogP contribution in [0.5, 0.6) is 0 Å². The largest absolute Gasteiger partial charge is 0.396 e. The van der Waals surface area contributed by atoms with Crippen molar-refractivity contribution in [2.45, 2.75) is 20.4 Å². The van der Waals surface area contributed by atoms with Crippen LogP contribution in [0, 0.1) is 12.8 Å². The fourth-order valence-corrected chi connectivity index (χ4v) is 2.61. The van der Waals surface area contributed by atoms with Crippen LogP contribution in [0.4, 0.5) is 0 Å². The Hall–Kier alpha value is -1.23. The van der Waals surface area contributed by atoms with E-state index >= 15 is 0 Å². The Bertz CT molecular complexity index is 507. The fourth-order valence-electron chi connectivity index (χ4n) is 1.73. The number of aromatic nitrogens is 1. The van der Waals surface area contributed by atoms with Crippen molar-refractivity contribution < 1.29 is 5.11 Å². The average Bonchev–Trinajstić information content (AvgIpc) is 2.88. The summed E-state index contributed by atoms with van der Waals surface area (Å²) in [7, 11) is 0. The van der Waals surface area contributed by atoms with Crippen LogP contribution in [0.3, 0.4) is 0 Å². The van der Waals surface area contributed by atoms with E-state index in [4.69, 9.17) is 5.11 Å². The van der Waals surface area contributed by atoms with Crippen molar-refractivity contribution in [2.75, 3.05) is 13.2 Å². The first kappa shape index (κ1) is 14.2. The number of nitrogens with one attached hydrogen (secondary N) is 1. The molecule has 0 aliphatic rings. The first-order chi connectivity index (χ1) is 9.19. The summed E-state index contributed by atoms with van der Waals surface area (Å²) in [5.41, 5.74) is 2.44. The Kier molecular flexibility index (Phi) is 5.07. The molecular formula is C15H20N2OS. The van der Waals surface area contributed by atoms with Gasteiger partial charge in [0.2, 0.25) is 0 Å². The van der Waals surface area contributed by atoms with Gasteiger partial charge in [0.25, 0.3) is 0 Å². The highest BCUT2D eigenvalue weighted by molar-refractivity contribution is 7.15. The molecule has 3 nitrogen and oxygen atoms in total. The summed E-state index contributed by atoms with van der Waals surface area (Å²) < 4.78 is 0. The molecule has 1 aromatic carbocycles. The molecule has 4 heteroatoms. The molecule has 19 heavy (non-hydrogen) atoms. The molecular weight excluding hydrogens is 256 g/mol. The number of nitrogens with zero attached hydrogens (tertiary/aromatic N) is 1. The Labute approximate surface area is 118 Å². The van der Waals surface area contributed by atoms with Crippen molar-refractivity contribution in [1.29, 1.82) is 0 Å². The van der Waals surface area contributed by atoms with Crippen molar-refractivity contribution in [3.63, 3.8) is 0 Å². The first-order valence-electron chi connectivity index (χ1n) is 6.52. The van der Waals surface area contributed by atoms with Crippen LogP contribution in [0.2, 0.25) is 0 Å². The standard InChI is InChI=1S/C15H20N2OS/c1-11-3-5-13(6-4-11)15-17-9-14(19-15)8-16-7-12(2)10-18/h3-6,9,12,16,18H,7-8,10H2,1-2H3. The van der Waals surface area contributed by atoms with Gasteiger partial charge in [-0.05, 0) is 12.8 Å². The molecule has 0 bridgehead atoms. The predicted octanol–water partition coefficient (Wildman–Crippen LogP) is 2.84. The van der Waals surface area contributed by atoms with Crippen molar-refractivity contribution in [3.8, 4) is 10.6 Å². The Morgan fingerprint density at radius 2 is 2.05 bits per heavy atom. The van der Waals surface area contributed by atoms with E-state index in [9.17, 15) is 0 Å². The van der Waals surface area contributed by atoms with Crippen molar-refractivity contribution in [3.05, 3.63) is 40.9 Å². The van der Waals surface area contributed by atoms with E-state index in [1.165, 1.54) is 16.0 Å². The van der Waals surface area contributed by atoms with Gasteiger partial charge in [-0.15, -0.1) is 11.3 Å². The lowest BCUT2D eigenvalue weighted by atomic mass is 10.2. The summed E-state index contributed by atoms with van der Waals surface area (Å²) in [5.74, 6) is 0.296. The summed E-state index contributed by atoms with van der Waals surface area (Å²) >= 11 is 1.71. The quantitative estimate of drug-likeness (QED) is 0.853. The fraction of sp³-hybridized carbons (Fsp3) is 0.400. The maximum Gasteiger partial charge on any atom is 0.123 e. The summed E-state index contributed by atoms with van der Waals surface area (Å²) in [6.45, 7) is 5.98. The van der Waals surface area contributed by atoms with Gasteiger partial charge in [-0.3, -0.25) is 0 Å². The molecule has 1 unspecified atom stereocenters. The highest BCUT2D eigenvalue weighted by Gasteiger charge is 2.05. The van der Waals surface area contributed by atoms with Crippen LogP contribution in [-0.2, 0) is 6.54 Å². The zero-order chi connectivity index (χ0) is 13.7. The molecule has 2 aromatic rings. The number of thiazole rings is 1. The maximum absolute atomic E-state index is 8.96. The van der Waals surface area contributed by atoms with E-state index in [2.05, 4.69) is 41.5 Å². The number of rotatable bonds is 6. The lowest BCUT2D eigenvalue weighted by Crippen LogP contribution is -2.22. The molecule has 0 amide bonds. The highest BCUT2D eigenvalue weighted by atomic mass is 32.1. The van der Waals surface area contributed by atoms with E-state index < -0.39 is 0 Å².